The van der Waals surface area contributed by atoms with E-state index in [1.807, 2.05) is 0 Å². The fraction of sp³-hybridized carbons (Fsp3) is 0.333. The lowest BCUT2D eigenvalue weighted by atomic mass is 10.3. The van der Waals surface area contributed by atoms with E-state index in [0.29, 0.717) is 10.7 Å². The Balaban J connectivity index is 3.17. The van der Waals surface area contributed by atoms with Crippen LogP contribution < -0.4 is 5.73 Å². The van der Waals surface area contributed by atoms with Crippen LogP contribution in [-0.4, -0.2) is 9.97 Å². The average Bonchev–Trinajstić information content (AvgIpc) is 1.94. The number of halogens is 2. The van der Waals surface area contributed by atoms with E-state index in [-0.39, 0.29) is 11.2 Å². The molecule has 1 rings (SSSR count). The third-order valence-electron chi connectivity index (χ3n) is 1.22. The second-order valence-corrected chi connectivity index (χ2v) is 3.11. The van der Waals surface area contributed by atoms with Crippen molar-refractivity contribution in [3.05, 3.63) is 17.0 Å². The molecule has 0 amide bonds. The van der Waals surface area contributed by atoms with E-state index >= 15 is 0 Å². The summed E-state index contributed by atoms with van der Waals surface area (Å²) in [5, 5.41) is 0.0998. The zero-order valence-electron chi connectivity index (χ0n) is 5.88. The summed E-state index contributed by atoms with van der Waals surface area (Å²) >= 11 is 11.5. The second-order valence-electron chi connectivity index (χ2n) is 2.07. The number of alkyl halides is 1. The molecule has 0 aliphatic heterocycles. The lowest BCUT2D eigenvalue weighted by molar-refractivity contribution is 0.971. The van der Waals surface area contributed by atoms with Gasteiger partial charge in [-0.1, -0.05) is 11.6 Å². The van der Waals surface area contributed by atoms with Crippen LogP contribution in [0.3, 0.4) is 0 Å². The molecular weight excluding hydrogens is 185 g/mol. The zero-order chi connectivity index (χ0) is 8.43. The van der Waals surface area contributed by atoms with Gasteiger partial charge in [0.15, 0.2) is 0 Å². The Kier molecular flexibility index (Phi) is 2.52. The molecule has 0 saturated heterocycles. The van der Waals surface area contributed by atoms with Crippen molar-refractivity contribution in [2.45, 2.75) is 12.3 Å². The second kappa shape index (κ2) is 3.24. The van der Waals surface area contributed by atoms with Crippen LogP contribution in [0.15, 0.2) is 6.33 Å². The van der Waals surface area contributed by atoms with Gasteiger partial charge in [0.25, 0.3) is 0 Å². The Morgan fingerprint density at radius 1 is 1.55 bits per heavy atom. The van der Waals surface area contributed by atoms with Gasteiger partial charge in [-0.2, -0.15) is 0 Å². The fourth-order valence-corrected chi connectivity index (χ4v) is 1.16. The molecule has 1 aromatic heterocycles. The van der Waals surface area contributed by atoms with Crippen molar-refractivity contribution in [2.75, 3.05) is 5.73 Å². The zero-order valence-corrected chi connectivity index (χ0v) is 7.39. The van der Waals surface area contributed by atoms with Crippen LogP contribution in [0.25, 0.3) is 0 Å². The summed E-state index contributed by atoms with van der Waals surface area (Å²) in [6.45, 7) is 1.77. The summed E-state index contributed by atoms with van der Waals surface area (Å²) in [4.78, 5) is 7.58. The standard InChI is InChI=1S/C6H7Cl2N3/c1-3(7)5-4(8)6(9)11-2-10-5/h2-3H,1H3,(H2,9,10,11). The summed E-state index contributed by atoms with van der Waals surface area (Å²) in [6, 6.07) is 0. The van der Waals surface area contributed by atoms with Crippen LogP contribution in [0.4, 0.5) is 5.82 Å². The number of hydrogen-bond acceptors (Lipinski definition) is 3. The number of nitrogens with zero attached hydrogens (tertiary/aromatic N) is 2. The third kappa shape index (κ3) is 1.73. The lowest BCUT2D eigenvalue weighted by Crippen LogP contribution is -1.98. The summed E-state index contributed by atoms with van der Waals surface area (Å²) in [5.74, 6) is 0.268. The van der Waals surface area contributed by atoms with Crippen molar-refractivity contribution >= 4 is 29.0 Å². The molecule has 0 fully saturated rings. The highest BCUT2D eigenvalue weighted by atomic mass is 35.5. The van der Waals surface area contributed by atoms with Crippen molar-refractivity contribution in [2.24, 2.45) is 0 Å². The third-order valence-corrected chi connectivity index (χ3v) is 1.81. The van der Waals surface area contributed by atoms with Gasteiger partial charge in [-0.3, -0.25) is 0 Å². The predicted molar refractivity (Wildman–Crippen MR) is 45.7 cm³/mol. The number of nitrogen functional groups attached to an aromatic ring is 1. The molecule has 2 N–H and O–H groups in total. The Bertz CT molecular complexity index is 262. The van der Waals surface area contributed by atoms with Crippen LogP contribution in [0.1, 0.15) is 18.0 Å². The highest BCUT2D eigenvalue weighted by molar-refractivity contribution is 6.34. The van der Waals surface area contributed by atoms with E-state index in [2.05, 4.69) is 9.97 Å². The minimum Gasteiger partial charge on any atom is -0.382 e. The van der Waals surface area contributed by atoms with Gasteiger partial charge in [0, 0.05) is 0 Å². The van der Waals surface area contributed by atoms with Crippen LogP contribution >= 0.6 is 23.2 Å². The maximum absolute atomic E-state index is 5.75. The first-order valence-corrected chi connectivity index (χ1v) is 3.84. The fourth-order valence-electron chi connectivity index (χ4n) is 0.675. The maximum atomic E-state index is 5.75. The topological polar surface area (TPSA) is 51.8 Å². The largest absolute Gasteiger partial charge is 0.382 e. The molecule has 1 atom stereocenters. The van der Waals surface area contributed by atoms with Gasteiger partial charge in [0.1, 0.15) is 17.2 Å². The van der Waals surface area contributed by atoms with E-state index in [1.165, 1.54) is 6.33 Å². The van der Waals surface area contributed by atoms with Gasteiger partial charge in [0.05, 0.1) is 11.1 Å². The van der Waals surface area contributed by atoms with Gasteiger partial charge in [-0.25, -0.2) is 9.97 Å². The molecule has 3 nitrogen and oxygen atoms in total. The minimum atomic E-state index is -0.243. The van der Waals surface area contributed by atoms with Gasteiger partial charge in [-0.15, -0.1) is 11.6 Å². The first-order chi connectivity index (χ1) is 5.13. The summed E-state index contributed by atoms with van der Waals surface area (Å²) in [7, 11) is 0. The first-order valence-electron chi connectivity index (χ1n) is 3.03. The van der Waals surface area contributed by atoms with Crippen molar-refractivity contribution < 1.29 is 0 Å². The van der Waals surface area contributed by atoms with E-state index in [1.54, 1.807) is 6.92 Å². The normalized spacial score (nSPS) is 13.0. The van der Waals surface area contributed by atoms with Crippen molar-refractivity contribution in [3.8, 4) is 0 Å². The van der Waals surface area contributed by atoms with Crippen molar-refractivity contribution in [3.63, 3.8) is 0 Å². The Morgan fingerprint density at radius 3 is 2.64 bits per heavy atom. The minimum absolute atomic E-state index is 0.243. The molecule has 60 valence electrons. The quantitative estimate of drug-likeness (QED) is 0.692. The van der Waals surface area contributed by atoms with E-state index in [0.717, 1.165) is 0 Å². The molecule has 1 aromatic rings. The highest BCUT2D eigenvalue weighted by Crippen LogP contribution is 2.27. The van der Waals surface area contributed by atoms with Gasteiger partial charge < -0.3 is 5.73 Å². The van der Waals surface area contributed by atoms with E-state index in [9.17, 15) is 0 Å². The maximum Gasteiger partial charge on any atom is 0.145 e. The first kappa shape index (κ1) is 8.56. The molecule has 0 saturated carbocycles. The molecule has 0 aliphatic rings. The van der Waals surface area contributed by atoms with Gasteiger partial charge in [0.2, 0.25) is 0 Å². The summed E-state index contributed by atoms with van der Waals surface area (Å²) in [5.41, 5.74) is 5.99. The molecule has 5 heteroatoms. The Hall–Kier alpha value is -0.540. The van der Waals surface area contributed by atoms with Crippen LogP contribution in [0.5, 0.6) is 0 Å². The number of aromatic nitrogens is 2. The molecule has 1 heterocycles. The van der Waals surface area contributed by atoms with Crippen LogP contribution in [0.2, 0.25) is 5.02 Å². The van der Waals surface area contributed by atoms with Crippen LogP contribution in [-0.2, 0) is 0 Å². The molecule has 0 aromatic carbocycles. The highest BCUT2D eigenvalue weighted by Gasteiger charge is 2.10. The van der Waals surface area contributed by atoms with Crippen molar-refractivity contribution in [1.29, 1.82) is 0 Å². The molecule has 0 radical (unpaired) electrons. The SMILES string of the molecule is CC(Cl)c1ncnc(N)c1Cl. The van der Waals surface area contributed by atoms with Gasteiger partial charge in [-0.05, 0) is 6.92 Å². The van der Waals surface area contributed by atoms with E-state index < -0.39 is 0 Å². The van der Waals surface area contributed by atoms with Crippen molar-refractivity contribution in [1.82, 2.24) is 9.97 Å². The average molecular weight is 192 g/mol. The summed E-state index contributed by atoms with van der Waals surface area (Å²) in [6.07, 6.45) is 1.34. The smallest absolute Gasteiger partial charge is 0.145 e. The van der Waals surface area contributed by atoms with Crippen LogP contribution in [0, 0.1) is 0 Å². The molecule has 0 spiro atoms. The number of anilines is 1. The van der Waals surface area contributed by atoms with E-state index in [4.69, 9.17) is 28.9 Å². The Morgan fingerprint density at radius 2 is 2.18 bits per heavy atom. The van der Waals surface area contributed by atoms with Gasteiger partial charge >= 0.3 is 0 Å². The molecular formula is C6H7Cl2N3. The number of nitrogens with two attached hydrogens (primary N) is 1. The summed E-state index contributed by atoms with van der Waals surface area (Å²) < 4.78 is 0. The monoisotopic (exact) mass is 191 g/mol. The molecule has 0 aliphatic carbocycles. The predicted octanol–water partition coefficient (Wildman–Crippen LogP) is 2.01. The Labute approximate surface area is 74.5 Å². The molecule has 0 bridgehead atoms. The lowest BCUT2D eigenvalue weighted by Gasteiger charge is -2.04. The molecule has 1 unspecified atom stereocenters. The number of rotatable bonds is 1. The molecule has 11 heavy (non-hydrogen) atoms. The number of hydrogen-bond donors (Lipinski definition) is 1.